The monoisotopic (exact) mass is 305 g/mol. The second kappa shape index (κ2) is 6.50. The van der Waals surface area contributed by atoms with Crippen molar-refractivity contribution < 1.29 is 14.7 Å². The van der Waals surface area contributed by atoms with Crippen LogP contribution in [0.2, 0.25) is 0 Å². The van der Waals surface area contributed by atoms with Crippen LogP contribution in [0.5, 0.6) is 0 Å². The first-order chi connectivity index (χ1) is 10.1. The zero-order chi connectivity index (χ0) is 15.4. The van der Waals surface area contributed by atoms with Crippen LogP contribution < -0.4 is 10.2 Å². The number of nitrogens with zero attached hydrogens (tertiary/aromatic N) is 2. The molecule has 1 aliphatic heterocycles. The number of hydrogen-bond donors (Lipinski definition) is 2. The summed E-state index contributed by atoms with van der Waals surface area (Å²) in [5.41, 5.74) is 1.10. The van der Waals surface area contributed by atoms with Gasteiger partial charge in [-0.25, -0.2) is 0 Å². The first kappa shape index (κ1) is 15.2. The van der Waals surface area contributed by atoms with Crippen LogP contribution in [-0.4, -0.2) is 42.4 Å². The molecule has 110 valence electrons. The number of hydrogen-bond acceptors (Lipinski definition) is 5. The number of nitrogens with one attached hydrogen (secondary N) is 1. The van der Waals surface area contributed by atoms with Gasteiger partial charge in [-0.3, -0.25) is 9.59 Å². The molecule has 1 fully saturated rings. The highest BCUT2D eigenvalue weighted by molar-refractivity contribution is 7.98. The van der Waals surface area contributed by atoms with Gasteiger partial charge in [-0.05, 0) is 18.4 Å². The number of carbonyl (C=O) groups excluding carboxylic acids is 1. The van der Waals surface area contributed by atoms with E-state index < -0.39 is 12.0 Å². The third-order valence-corrected chi connectivity index (χ3v) is 4.12. The quantitative estimate of drug-likeness (QED) is 0.808. The SMILES string of the molecule is CSc1cccc(N2CCNC(=O)C2CC(=O)O)c1C#N. The molecule has 21 heavy (non-hydrogen) atoms. The van der Waals surface area contributed by atoms with Gasteiger partial charge in [0.05, 0.1) is 17.7 Å². The minimum Gasteiger partial charge on any atom is -0.481 e. The fourth-order valence-electron chi connectivity index (χ4n) is 2.41. The van der Waals surface area contributed by atoms with Crippen molar-refractivity contribution in [2.45, 2.75) is 17.4 Å². The molecular weight excluding hydrogens is 290 g/mol. The van der Waals surface area contributed by atoms with Crippen LogP contribution >= 0.6 is 11.8 Å². The number of rotatable bonds is 4. The number of aliphatic carboxylic acids is 1. The minimum absolute atomic E-state index is 0.291. The van der Waals surface area contributed by atoms with Crippen molar-refractivity contribution in [3.63, 3.8) is 0 Å². The number of anilines is 1. The average molecular weight is 305 g/mol. The molecule has 1 saturated heterocycles. The molecule has 0 bridgehead atoms. The third kappa shape index (κ3) is 3.11. The van der Waals surface area contributed by atoms with E-state index in [1.54, 1.807) is 11.0 Å². The Bertz CT molecular complexity index is 612. The van der Waals surface area contributed by atoms with Crippen LogP contribution in [0.4, 0.5) is 5.69 Å². The van der Waals surface area contributed by atoms with Crippen molar-refractivity contribution in [1.29, 1.82) is 5.26 Å². The van der Waals surface area contributed by atoms with Crippen LogP contribution in [0.1, 0.15) is 12.0 Å². The van der Waals surface area contributed by atoms with Crippen LogP contribution in [0, 0.1) is 11.3 Å². The Kier molecular flexibility index (Phi) is 4.70. The van der Waals surface area contributed by atoms with Gasteiger partial charge in [0.1, 0.15) is 12.1 Å². The average Bonchev–Trinajstić information content (AvgIpc) is 2.48. The fourth-order valence-corrected chi connectivity index (χ4v) is 2.98. The molecule has 0 radical (unpaired) electrons. The Morgan fingerprint density at radius 3 is 3.00 bits per heavy atom. The lowest BCUT2D eigenvalue weighted by Gasteiger charge is -2.36. The van der Waals surface area contributed by atoms with Gasteiger partial charge >= 0.3 is 5.97 Å². The topological polar surface area (TPSA) is 93.4 Å². The molecule has 1 atom stereocenters. The van der Waals surface area contributed by atoms with Crippen LogP contribution in [-0.2, 0) is 9.59 Å². The summed E-state index contributed by atoms with van der Waals surface area (Å²) in [6.07, 6.45) is 1.58. The fraction of sp³-hybridized carbons (Fsp3) is 0.357. The number of carboxylic acid groups (broad SMARTS) is 1. The van der Waals surface area contributed by atoms with E-state index >= 15 is 0 Å². The number of amides is 1. The van der Waals surface area contributed by atoms with Gasteiger partial charge < -0.3 is 15.3 Å². The van der Waals surface area contributed by atoms with E-state index in [0.29, 0.717) is 24.3 Å². The van der Waals surface area contributed by atoms with Crippen molar-refractivity contribution in [2.24, 2.45) is 0 Å². The Balaban J connectivity index is 2.45. The molecule has 7 heteroatoms. The lowest BCUT2D eigenvalue weighted by molar-refractivity contribution is -0.139. The number of benzene rings is 1. The molecule has 2 rings (SSSR count). The molecule has 0 aliphatic carbocycles. The number of carbonyl (C=O) groups is 2. The van der Waals surface area contributed by atoms with Gasteiger partial charge in [0, 0.05) is 18.0 Å². The summed E-state index contributed by atoms with van der Waals surface area (Å²) in [5, 5.41) is 21.1. The summed E-state index contributed by atoms with van der Waals surface area (Å²) in [4.78, 5) is 25.5. The molecule has 0 aromatic heterocycles. The molecule has 0 spiro atoms. The first-order valence-corrected chi connectivity index (χ1v) is 7.64. The zero-order valence-electron chi connectivity index (χ0n) is 11.5. The molecule has 0 saturated carbocycles. The second-order valence-electron chi connectivity index (χ2n) is 4.56. The summed E-state index contributed by atoms with van der Waals surface area (Å²) in [6.45, 7) is 0.916. The van der Waals surface area contributed by atoms with E-state index in [-0.39, 0.29) is 12.3 Å². The Hall–Kier alpha value is -2.20. The van der Waals surface area contributed by atoms with Crippen molar-refractivity contribution in [3.8, 4) is 6.07 Å². The molecule has 1 unspecified atom stereocenters. The molecular formula is C14H15N3O3S. The number of thioether (sulfide) groups is 1. The smallest absolute Gasteiger partial charge is 0.305 e. The normalized spacial score (nSPS) is 18.0. The highest BCUT2D eigenvalue weighted by Gasteiger charge is 2.33. The Morgan fingerprint density at radius 2 is 2.38 bits per heavy atom. The predicted octanol–water partition coefficient (Wildman–Crippen LogP) is 1.06. The van der Waals surface area contributed by atoms with Crippen molar-refractivity contribution >= 4 is 29.3 Å². The number of nitriles is 1. The van der Waals surface area contributed by atoms with Gasteiger partial charge in [0.25, 0.3) is 0 Å². The Labute approximate surface area is 126 Å². The van der Waals surface area contributed by atoms with Crippen molar-refractivity contribution in [3.05, 3.63) is 23.8 Å². The summed E-state index contributed by atoms with van der Waals surface area (Å²) in [6, 6.07) is 6.77. The van der Waals surface area contributed by atoms with Crippen LogP contribution in [0.3, 0.4) is 0 Å². The maximum Gasteiger partial charge on any atom is 0.305 e. The minimum atomic E-state index is -1.04. The standard InChI is InChI=1S/C14H15N3O3S/c1-21-12-4-2-3-10(9(12)8-15)17-6-5-16-14(20)11(17)7-13(18)19/h2-4,11H,5-7H2,1H3,(H,16,20)(H,18,19). The molecule has 6 nitrogen and oxygen atoms in total. The molecule has 2 N–H and O–H groups in total. The third-order valence-electron chi connectivity index (χ3n) is 3.34. The summed E-state index contributed by atoms with van der Waals surface area (Å²) < 4.78 is 0. The largest absolute Gasteiger partial charge is 0.481 e. The summed E-state index contributed by atoms with van der Waals surface area (Å²) in [5.74, 6) is -1.36. The number of carboxylic acids is 1. The Morgan fingerprint density at radius 1 is 1.62 bits per heavy atom. The van der Waals surface area contributed by atoms with E-state index in [0.717, 1.165) is 4.90 Å². The van der Waals surface area contributed by atoms with Crippen molar-refractivity contribution in [1.82, 2.24) is 5.32 Å². The highest BCUT2D eigenvalue weighted by atomic mass is 32.2. The summed E-state index contributed by atoms with van der Waals surface area (Å²) in [7, 11) is 0. The molecule has 1 aliphatic rings. The zero-order valence-corrected chi connectivity index (χ0v) is 12.3. The second-order valence-corrected chi connectivity index (χ2v) is 5.41. The van der Waals surface area contributed by atoms with Gasteiger partial charge in [0.15, 0.2) is 0 Å². The molecule has 1 aromatic rings. The maximum atomic E-state index is 12.0. The van der Waals surface area contributed by atoms with Crippen LogP contribution in [0.25, 0.3) is 0 Å². The van der Waals surface area contributed by atoms with Gasteiger partial charge in [-0.2, -0.15) is 5.26 Å². The highest BCUT2D eigenvalue weighted by Crippen LogP contribution is 2.31. The van der Waals surface area contributed by atoms with Crippen LogP contribution in [0.15, 0.2) is 23.1 Å². The van der Waals surface area contributed by atoms with Gasteiger partial charge in [-0.15, -0.1) is 11.8 Å². The summed E-state index contributed by atoms with van der Waals surface area (Å²) >= 11 is 1.45. The van der Waals surface area contributed by atoms with Crippen molar-refractivity contribution in [2.75, 3.05) is 24.2 Å². The predicted molar refractivity (Wildman–Crippen MR) is 79.3 cm³/mol. The number of piperazine rings is 1. The maximum absolute atomic E-state index is 12.0. The van der Waals surface area contributed by atoms with Gasteiger partial charge in [-0.1, -0.05) is 6.07 Å². The molecule has 1 aromatic carbocycles. The lowest BCUT2D eigenvalue weighted by Crippen LogP contribution is -2.56. The van der Waals surface area contributed by atoms with E-state index in [1.165, 1.54) is 11.8 Å². The molecule has 1 heterocycles. The first-order valence-electron chi connectivity index (χ1n) is 6.41. The van der Waals surface area contributed by atoms with E-state index in [4.69, 9.17) is 5.11 Å². The lowest BCUT2D eigenvalue weighted by atomic mass is 10.1. The van der Waals surface area contributed by atoms with E-state index in [9.17, 15) is 14.9 Å². The van der Waals surface area contributed by atoms with E-state index in [2.05, 4.69) is 11.4 Å². The van der Waals surface area contributed by atoms with E-state index in [1.807, 2.05) is 18.4 Å². The van der Waals surface area contributed by atoms with Gasteiger partial charge in [0.2, 0.25) is 5.91 Å². The molecule has 1 amide bonds.